The zero-order valence-corrected chi connectivity index (χ0v) is 14.2. The number of aromatic nitrogens is 2. The van der Waals surface area contributed by atoms with Gasteiger partial charge in [0.15, 0.2) is 0 Å². The Morgan fingerprint density at radius 2 is 1.96 bits per heavy atom. The molecule has 2 aromatic rings. The first kappa shape index (κ1) is 14.9. The van der Waals surface area contributed by atoms with Crippen LogP contribution in [0.5, 0.6) is 0 Å². The highest BCUT2D eigenvalue weighted by Gasteiger charge is 2.29. The predicted octanol–water partition coefficient (Wildman–Crippen LogP) is 3.25. The lowest BCUT2D eigenvalue weighted by molar-refractivity contribution is 0.124. The van der Waals surface area contributed by atoms with Gasteiger partial charge in [-0.15, -0.1) is 0 Å². The molecule has 1 unspecified atom stereocenters. The highest BCUT2D eigenvalue weighted by Crippen LogP contribution is 2.29. The van der Waals surface area contributed by atoms with Crippen molar-refractivity contribution in [2.45, 2.75) is 39.2 Å². The monoisotopic (exact) mass is 310 g/mol. The van der Waals surface area contributed by atoms with Gasteiger partial charge in [0, 0.05) is 37.6 Å². The summed E-state index contributed by atoms with van der Waals surface area (Å²) < 4.78 is 0. The van der Waals surface area contributed by atoms with Gasteiger partial charge < -0.3 is 4.90 Å². The van der Waals surface area contributed by atoms with Crippen molar-refractivity contribution in [2.75, 3.05) is 31.1 Å². The molecule has 1 saturated carbocycles. The number of fused-ring (bicyclic) bond motifs is 1. The van der Waals surface area contributed by atoms with E-state index >= 15 is 0 Å². The molecule has 0 bridgehead atoms. The second-order valence-corrected chi connectivity index (χ2v) is 7.35. The largest absolute Gasteiger partial charge is 0.354 e. The molecule has 4 heteroatoms. The van der Waals surface area contributed by atoms with Gasteiger partial charge in [0.05, 0.1) is 5.52 Å². The van der Waals surface area contributed by atoms with E-state index in [0.29, 0.717) is 5.92 Å². The maximum Gasteiger partial charge on any atom is 0.139 e. The number of anilines is 1. The Morgan fingerprint density at radius 3 is 2.74 bits per heavy atom. The lowest BCUT2D eigenvalue weighted by Gasteiger charge is -2.37. The van der Waals surface area contributed by atoms with E-state index < -0.39 is 0 Å². The van der Waals surface area contributed by atoms with Gasteiger partial charge in [-0.25, -0.2) is 9.97 Å². The fourth-order valence-corrected chi connectivity index (χ4v) is 3.95. The summed E-state index contributed by atoms with van der Waals surface area (Å²) >= 11 is 0. The Hall–Kier alpha value is -1.68. The molecule has 2 heterocycles. The Morgan fingerprint density at radius 1 is 1.09 bits per heavy atom. The van der Waals surface area contributed by atoms with Gasteiger partial charge in [-0.05, 0) is 37.8 Å². The van der Waals surface area contributed by atoms with E-state index in [0.717, 1.165) is 37.0 Å². The van der Waals surface area contributed by atoms with E-state index in [2.05, 4.69) is 51.8 Å². The van der Waals surface area contributed by atoms with Crippen molar-refractivity contribution < 1.29 is 0 Å². The van der Waals surface area contributed by atoms with Gasteiger partial charge in [0.1, 0.15) is 12.1 Å². The van der Waals surface area contributed by atoms with Crippen LogP contribution >= 0.6 is 0 Å². The standard InChI is InChI=1S/C19H26N4/c1-14-6-7-18-17(10-14)19(21-13-20-18)23-9-8-22(11-15(2)12-23)16-4-3-5-16/h6-7,10,13,15-16H,3-5,8-9,11-12H2,1-2H3. The molecular formula is C19H26N4. The third-order valence-electron chi connectivity index (χ3n) is 5.40. The summed E-state index contributed by atoms with van der Waals surface area (Å²) in [7, 11) is 0. The van der Waals surface area contributed by atoms with Crippen LogP contribution in [0.4, 0.5) is 5.82 Å². The average molecular weight is 310 g/mol. The van der Waals surface area contributed by atoms with E-state index in [9.17, 15) is 0 Å². The van der Waals surface area contributed by atoms with E-state index in [1.54, 1.807) is 6.33 Å². The van der Waals surface area contributed by atoms with Crippen molar-refractivity contribution in [3.63, 3.8) is 0 Å². The minimum Gasteiger partial charge on any atom is -0.354 e. The molecule has 4 nitrogen and oxygen atoms in total. The van der Waals surface area contributed by atoms with Crippen LogP contribution in [0.25, 0.3) is 10.9 Å². The average Bonchev–Trinajstić information content (AvgIpc) is 2.66. The Balaban J connectivity index is 1.63. The van der Waals surface area contributed by atoms with Crippen molar-refractivity contribution in [3.8, 4) is 0 Å². The van der Waals surface area contributed by atoms with Crippen LogP contribution in [0.2, 0.25) is 0 Å². The third-order valence-corrected chi connectivity index (χ3v) is 5.40. The lowest BCUT2D eigenvalue weighted by atomic mass is 9.91. The molecule has 0 spiro atoms. The van der Waals surface area contributed by atoms with Gasteiger partial charge >= 0.3 is 0 Å². The molecule has 122 valence electrons. The van der Waals surface area contributed by atoms with Gasteiger partial charge in [0.25, 0.3) is 0 Å². The summed E-state index contributed by atoms with van der Waals surface area (Å²) in [6.07, 6.45) is 5.91. The van der Waals surface area contributed by atoms with Gasteiger partial charge in [-0.1, -0.05) is 25.0 Å². The van der Waals surface area contributed by atoms with E-state index in [1.165, 1.54) is 36.8 Å². The zero-order chi connectivity index (χ0) is 15.8. The molecule has 0 N–H and O–H groups in total. The highest BCUT2D eigenvalue weighted by atomic mass is 15.3. The third kappa shape index (κ3) is 2.92. The topological polar surface area (TPSA) is 32.3 Å². The van der Waals surface area contributed by atoms with Crippen molar-refractivity contribution >= 4 is 16.7 Å². The quantitative estimate of drug-likeness (QED) is 0.852. The molecule has 1 aromatic carbocycles. The van der Waals surface area contributed by atoms with Crippen LogP contribution < -0.4 is 4.90 Å². The maximum absolute atomic E-state index is 4.65. The molecule has 23 heavy (non-hydrogen) atoms. The minimum atomic E-state index is 0.674. The summed E-state index contributed by atoms with van der Waals surface area (Å²) in [5.74, 6) is 1.79. The van der Waals surface area contributed by atoms with E-state index in [-0.39, 0.29) is 0 Å². The maximum atomic E-state index is 4.65. The fraction of sp³-hybridized carbons (Fsp3) is 0.579. The highest BCUT2D eigenvalue weighted by molar-refractivity contribution is 5.89. The fourth-order valence-electron chi connectivity index (χ4n) is 3.95. The van der Waals surface area contributed by atoms with Gasteiger partial charge in [-0.3, -0.25) is 4.90 Å². The Kier molecular flexibility index (Phi) is 3.93. The minimum absolute atomic E-state index is 0.674. The summed E-state index contributed by atoms with van der Waals surface area (Å²) in [5.41, 5.74) is 2.32. The SMILES string of the molecule is Cc1ccc2ncnc(N3CCN(C4CCC4)CC(C)C3)c2c1. The summed E-state index contributed by atoms with van der Waals surface area (Å²) in [6.45, 7) is 9.05. The normalized spacial score (nSPS) is 23.7. The van der Waals surface area contributed by atoms with E-state index in [1.807, 2.05) is 0 Å². The van der Waals surface area contributed by atoms with Crippen molar-refractivity contribution in [2.24, 2.45) is 5.92 Å². The molecule has 1 aliphatic heterocycles. The molecule has 2 aliphatic rings. The van der Waals surface area contributed by atoms with E-state index in [4.69, 9.17) is 0 Å². The number of rotatable bonds is 2. The van der Waals surface area contributed by atoms with Gasteiger partial charge in [0.2, 0.25) is 0 Å². The number of hydrogen-bond donors (Lipinski definition) is 0. The second kappa shape index (κ2) is 6.08. The van der Waals surface area contributed by atoms with Crippen molar-refractivity contribution in [1.82, 2.24) is 14.9 Å². The first-order valence-electron chi connectivity index (χ1n) is 8.91. The molecule has 2 fully saturated rings. The number of nitrogens with zero attached hydrogens (tertiary/aromatic N) is 4. The van der Waals surface area contributed by atoms with Crippen LogP contribution in [0.1, 0.15) is 31.7 Å². The lowest BCUT2D eigenvalue weighted by Crippen LogP contribution is -2.43. The van der Waals surface area contributed by atoms with Crippen LogP contribution in [-0.2, 0) is 0 Å². The molecule has 0 amide bonds. The molecule has 1 saturated heterocycles. The number of aryl methyl sites for hydroxylation is 1. The zero-order valence-electron chi connectivity index (χ0n) is 14.2. The summed E-state index contributed by atoms with van der Waals surface area (Å²) in [5, 5.41) is 1.19. The second-order valence-electron chi connectivity index (χ2n) is 7.35. The smallest absolute Gasteiger partial charge is 0.139 e. The molecule has 1 aromatic heterocycles. The van der Waals surface area contributed by atoms with Crippen LogP contribution in [0, 0.1) is 12.8 Å². The molecule has 4 rings (SSSR count). The Labute approximate surface area is 138 Å². The number of benzene rings is 1. The van der Waals surface area contributed by atoms with Crippen molar-refractivity contribution in [1.29, 1.82) is 0 Å². The summed E-state index contributed by atoms with van der Waals surface area (Å²) in [4.78, 5) is 14.3. The van der Waals surface area contributed by atoms with Crippen molar-refractivity contribution in [3.05, 3.63) is 30.1 Å². The van der Waals surface area contributed by atoms with Crippen LogP contribution in [0.3, 0.4) is 0 Å². The molecule has 1 atom stereocenters. The first-order chi connectivity index (χ1) is 11.2. The first-order valence-corrected chi connectivity index (χ1v) is 8.91. The molecule has 1 aliphatic carbocycles. The van der Waals surface area contributed by atoms with Crippen LogP contribution in [-0.4, -0.2) is 47.1 Å². The Bertz CT molecular complexity index is 695. The van der Waals surface area contributed by atoms with Crippen LogP contribution in [0.15, 0.2) is 24.5 Å². The van der Waals surface area contributed by atoms with Gasteiger partial charge in [-0.2, -0.15) is 0 Å². The molecule has 0 radical (unpaired) electrons. The number of hydrogen-bond acceptors (Lipinski definition) is 4. The predicted molar refractivity (Wildman–Crippen MR) is 94.9 cm³/mol. The molecular weight excluding hydrogens is 284 g/mol. The summed E-state index contributed by atoms with van der Waals surface area (Å²) in [6, 6.07) is 7.30.